The molecule has 2 rings (SSSR count). The predicted molar refractivity (Wildman–Crippen MR) is 63.1 cm³/mol. The Bertz CT molecular complexity index is 550. The van der Waals surface area contributed by atoms with Gasteiger partial charge in [-0.3, -0.25) is 0 Å². The molecule has 0 spiro atoms. The minimum absolute atomic E-state index is 0.183. The molecule has 0 N–H and O–H groups in total. The van der Waals surface area contributed by atoms with E-state index < -0.39 is 5.82 Å². The van der Waals surface area contributed by atoms with Gasteiger partial charge in [0.2, 0.25) is 0 Å². The van der Waals surface area contributed by atoms with Gasteiger partial charge >= 0.3 is 0 Å². The van der Waals surface area contributed by atoms with Gasteiger partial charge in [0.05, 0.1) is 7.11 Å². The van der Waals surface area contributed by atoms with Crippen LogP contribution in [0.1, 0.15) is 5.56 Å². The minimum Gasteiger partial charge on any atom is -0.494 e. The normalized spacial score (nSPS) is 10.4. The van der Waals surface area contributed by atoms with Gasteiger partial charge in [0.1, 0.15) is 5.82 Å². The van der Waals surface area contributed by atoms with Crippen LogP contribution in [0.2, 0.25) is 0 Å². The number of hydrogen-bond acceptors (Lipinski definition) is 1. The van der Waals surface area contributed by atoms with Crippen molar-refractivity contribution in [2.24, 2.45) is 0 Å². The van der Waals surface area contributed by atoms with E-state index in [-0.39, 0.29) is 11.6 Å². The topological polar surface area (TPSA) is 9.23 Å². The first-order chi connectivity index (χ1) is 8.11. The van der Waals surface area contributed by atoms with Gasteiger partial charge in [-0.15, -0.1) is 0 Å². The van der Waals surface area contributed by atoms with Crippen molar-refractivity contribution in [1.29, 1.82) is 0 Å². The zero-order valence-electron chi connectivity index (χ0n) is 9.63. The highest BCUT2D eigenvalue weighted by Crippen LogP contribution is 2.28. The Morgan fingerprint density at radius 2 is 1.76 bits per heavy atom. The number of benzene rings is 2. The first-order valence-corrected chi connectivity index (χ1v) is 5.22. The number of aryl methyl sites for hydroxylation is 1. The van der Waals surface area contributed by atoms with Crippen molar-refractivity contribution >= 4 is 0 Å². The lowest BCUT2D eigenvalue weighted by molar-refractivity contribution is 0.386. The molecule has 1 nitrogen and oxygen atoms in total. The summed E-state index contributed by atoms with van der Waals surface area (Å²) in [7, 11) is 1.41. The van der Waals surface area contributed by atoms with Crippen LogP contribution < -0.4 is 4.74 Å². The quantitative estimate of drug-likeness (QED) is 0.764. The molecule has 0 aliphatic carbocycles. The first-order valence-electron chi connectivity index (χ1n) is 5.22. The third kappa shape index (κ3) is 2.28. The van der Waals surface area contributed by atoms with Crippen LogP contribution in [0.3, 0.4) is 0 Å². The highest BCUT2D eigenvalue weighted by Gasteiger charge is 2.08. The third-order valence-electron chi connectivity index (χ3n) is 2.66. The maximum absolute atomic E-state index is 13.5. The van der Waals surface area contributed by atoms with Crippen LogP contribution in [0.25, 0.3) is 11.1 Å². The van der Waals surface area contributed by atoms with Crippen LogP contribution in [0.15, 0.2) is 36.4 Å². The van der Waals surface area contributed by atoms with Gasteiger partial charge in [-0.1, -0.05) is 12.1 Å². The van der Waals surface area contributed by atoms with E-state index in [0.717, 1.165) is 5.56 Å². The zero-order chi connectivity index (χ0) is 12.4. The largest absolute Gasteiger partial charge is 0.494 e. The second kappa shape index (κ2) is 4.53. The lowest BCUT2D eigenvalue weighted by Crippen LogP contribution is -1.90. The SMILES string of the molecule is COc1ccc(-c2cc(F)ccc2C)cc1F. The van der Waals surface area contributed by atoms with Crippen molar-refractivity contribution in [2.75, 3.05) is 7.11 Å². The smallest absolute Gasteiger partial charge is 0.165 e. The summed E-state index contributed by atoms with van der Waals surface area (Å²) in [5.41, 5.74) is 2.22. The third-order valence-corrected chi connectivity index (χ3v) is 2.66. The van der Waals surface area contributed by atoms with Crippen LogP contribution in [0, 0.1) is 18.6 Å². The van der Waals surface area contributed by atoms with Crippen LogP contribution in [0.4, 0.5) is 8.78 Å². The Labute approximate surface area is 98.7 Å². The van der Waals surface area contributed by atoms with Gasteiger partial charge in [-0.05, 0) is 47.9 Å². The molecular formula is C14H12F2O. The van der Waals surface area contributed by atoms with Gasteiger partial charge in [-0.2, -0.15) is 0 Å². The van der Waals surface area contributed by atoms with E-state index in [1.807, 2.05) is 6.92 Å². The van der Waals surface area contributed by atoms with E-state index in [1.54, 1.807) is 12.1 Å². The molecule has 0 fully saturated rings. The summed E-state index contributed by atoms with van der Waals surface area (Å²) < 4.78 is 31.6. The molecule has 0 heterocycles. The molecule has 0 bridgehead atoms. The molecule has 88 valence electrons. The van der Waals surface area contributed by atoms with Crippen molar-refractivity contribution in [3.63, 3.8) is 0 Å². The van der Waals surface area contributed by atoms with E-state index >= 15 is 0 Å². The van der Waals surface area contributed by atoms with E-state index in [4.69, 9.17) is 4.74 Å². The lowest BCUT2D eigenvalue weighted by Gasteiger charge is -2.08. The van der Waals surface area contributed by atoms with Crippen molar-refractivity contribution in [2.45, 2.75) is 6.92 Å². The molecule has 0 aliphatic rings. The van der Waals surface area contributed by atoms with Crippen molar-refractivity contribution in [3.8, 4) is 16.9 Å². The number of methoxy groups -OCH3 is 1. The molecule has 2 aromatic carbocycles. The Morgan fingerprint density at radius 1 is 1.00 bits per heavy atom. The Morgan fingerprint density at radius 3 is 2.41 bits per heavy atom. The van der Waals surface area contributed by atoms with E-state index in [9.17, 15) is 8.78 Å². The molecule has 0 saturated carbocycles. The van der Waals surface area contributed by atoms with Gasteiger partial charge < -0.3 is 4.74 Å². The first kappa shape index (κ1) is 11.6. The van der Waals surface area contributed by atoms with Crippen molar-refractivity contribution < 1.29 is 13.5 Å². The Kier molecular flexibility index (Phi) is 3.09. The summed E-state index contributed by atoms with van der Waals surface area (Å²) in [6, 6.07) is 9.06. The van der Waals surface area contributed by atoms with Crippen LogP contribution in [-0.4, -0.2) is 7.11 Å². The second-order valence-corrected chi connectivity index (χ2v) is 3.81. The summed E-state index contributed by atoms with van der Waals surface area (Å²) >= 11 is 0. The Hall–Kier alpha value is -1.90. The van der Waals surface area contributed by atoms with Gasteiger partial charge in [-0.25, -0.2) is 8.78 Å². The average Bonchev–Trinajstić information content (AvgIpc) is 2.32. The molecule has 0 atom stereocenters. The van der Waals surface area contributed by atoms with E-state index in [0.29, 0.717) is 11.1 Å². The molecule has 0 aliphatic heterocycles. The second-order valence-electron chi connectivity index (χ2n) is 3.81. The highest BCUT2D eigenvalue weighted by molar-refractivity contribution is 5.68. The molecule has 0 unspecified atom stereocenters. The van der Waals surface area contributed by atoms with Gasteiger partial charge in [0.25, 0.3) is 0 Å². The molecule has 0 radical (unpaired) electrons. The summed E-state index contributed by atoms with van der Waals surface area (Å²) in [5.74, 6) is -0.599. The molecule has 0 amide bonds. The number of ether oxygens (including phenoxy) is 1. The molecule has 0 aromatic heterocycles. The molecular weight excluding hydrogens is 222 g/mol. The van der Waals surface area contributed by atoms with Crippen LogP contribution in [0.5, 0.6) is 5.75 Å². The van der Waals surface area contributed by atoms with Gasteiger partial charge in [0.15, 0.2) is 11.6 Å². The fraction of sp³-hybridized carbons (Fsp3) is 0.143. The summed E-state index contributed by atoms with van der Waals surface area (Å²) in [6.45, 7) is 1.86. The highest BCUT2D eigenvalue weighted by atomic mass is 19.1. The molecule has 3 heteroatoms. The fourth-order valence-corrected chi connectivity index (χ4v) is 1.74. The molecule has 0 saturated heterocycles. The summed E-state index contributed by atoms with van der Waals surface area (Å²) in [6.07, 6.45) is 0. The monoisotopic (exact) mass is 234 g/mol. The zero-order valence-corrected chi connectivity index (χ0v) is 9.63. The predicted octanol–water partition coefficient (Wildman–Crippen LogP) is 3.95. The molecule has 2 aromatic rings. The Balaban J connectivity index is 2.53. The summed E-state index contributed by atoms with van der Waals surface area (Å²) in [5, 5.41) is 0. The maximum Gasteiger partial charge on any atom is 0.165 e. The van der Waals surface area contributed by atoms with Crippen molar-refractivity contribution in [1.82, 2.24) is 0 Å². The summed E-state index contributed by atoms with van der Waals surface area (Å²) in [4.78, 5) is 0. The van der Waals surface area contributed by atoms with Crippen LogP contribution >= 0.6 is 0 Å². The standard InChI is InChI=1S/C14H12F2O/c1-9-3-5-11(15)8-12(9)10-4-6-14(17-2)13(16)7-10/h3-8H,1-2H3. The molecule has 17 heavy (non-hydrogen) atoms. The van der Waals surface area contributed by atoms with E-state index in [2.05, 4.69) is 0 Å². The lowest BCUT2D eigenvalue weighted by atomic mass is 10.0. The fourth-order valence-electron chi connectivity index (χ4n) is 1.74. The van der Waals surface area contributed by atoms with E-state index in [1.165, 1.54) is 31.4 Å². The average molecular weight is 234 g/mol. The van der Waals surface area contributed by atoms with Crippen molar-refractivity contribution in [3.05, 3.63) is 53.6 Å². The number of halogens is 2. The van der Waals surface area contributed by atoms with Gasteiger partial charge in [0, 0.05) is 0 Å². The number of hydrogen-bond donors (Lipinski definition) is 0. The minimum atomic E-state index is -0.450. The maximum atomic E-state index is 13.5. The number of rotatable bonds is 2. The van der Waals surface area contributed by atoms with Crippen LogP contribution in [-0.2, 0) is 0 Å².